The molecule has 0 saturated carbocycles. The molecule has 3 fully saturated rings. The van der Waals surface area contributed by atoms with Crippen molar-refractivity contribution in [2.75, 3.05) is 164 Å². The van der Waals surface area contributed by atoms with Crippen LogP contribution in [0.1, 0.15) is 19.8 Å². The van der Waals surface area contributed by atoms with Gasteiger partial charge in [-0.3, -0.25) is 19.2 Å². The smallest absolute Gasteiger partial charge is 0.307 e. The van der Waals surface area contributed by atoms with Crippen molar-refractivity contribution in [3.8, 4) is 16.9 Å². The lowest BCUT2D eigenvalue weighted by Crippen LogP contribution is -2.68. The SMILES string of the molecule is COC(=O)CCOCCOCCOCCOCCOCCOCCOCCOCCN(C=O)c1cc(OCC(=O)NCCCO[C@@H]2OC(CO)[C@H](O[C@@H]3OC(CO)[C@H](O)C(O[C@@H]4OC(CO)[C@H](O)C(O)C4O)C3O)C(O)C2NC(C)=O)cc(-c2ccccc2)c1. The van der Waals surface area contributed by atoms with E-state index in [0.29, 0.717) is 109 Å². The molecule has 0 aromatic heterocycles. The minimum Gasteiger partial charge on any atom is -0.484 e. The van der Waals surface area contributed by atoms with E-state index in [1.165, 1.54) is 12.0 Å². The van der Waals surface area contributed by atoms with Gasteiger partial charge in [-0.05, 0) is 29.7 Å². The number of amides is 3. The molecule has 5 rings (SSSR count). The van der Waals surface area contributed by atoms with Gasteiger partial charge < -0.3 is 137 Å². The lowest BCUT2D eigenvalue weighted by atomic mass is 9.95. The maximum absolute atomic E-state index is 13.1. The number of aliphatic hydroxyl groups excluding tert-OH is 9. The molecule has 3 saturated heterocycles. The molecule has 32 nitrogen and oxygen atoms in total. The molecule has 3 aliphatic rings. The third kappa shape index (κ3) is 25.9. The summed E-state index contributed by atoms with van der Waals surface area (Å²) in [6.45, 7) is 4.25. The van der Waals surface area contributed by atoms with Gasteiger partial charge in [-0.25, -0.2) is 0 Å². The number of carbonyl (C=O) groups excluding carboxylic acids is 4. The molecular weight excluding hydrogens is 1200 g/mol. The average Bonchev–Trinajstić information content (AvgIpc) is 0.929. The second-order valence-electron chi connectivity index (χ2n) is 20.5. The Labute approximate surface area is 521 Å². The number of esters is 1. The Hall–Kier alpha value is -4.80. The molecule has 90 heavy (non-hydrogen) atoms. The highest BCUT2D eigenvalue weighted by Crippen LogP contribution is 2.34. The van der Waals surface area contributed by atoms with Crippen LogP contribution in [-0.4, -0.2) is 321 Å². The van der Waals surface area contributed by atoms with Crippen LogP contribution < -0.4 is 20.3 Å². The Bertz CT molecular complexity index is 2300. The summed E-state index contributed by atoms with van der Waals surface area (Å²) < 4.78 is 88.8. The zero-order valence-corrected chi connectivity index (χ0v) is 50.7. The fourth-order valence-corrected chi connectivity index (χ4v) is 9.22. The number of rotatable bonds is 46. The number of carbonyl (C=O) groups is 4. The zero-order chi connectivity index (χ0) is 65.0. The Morgan fingerprint density at radius 2 is 1.07 bits per heavy atom. The third-order valence-electron chi connectivity index (χ3n) is 14.0. The number of ether oxygens (including phenoxy) is 16. The maximum Gasteiger partial charge on any atom is 0.307 e. The van der Waals surface area contributed by atoms with Gasteiger partial charge in [0.15, 0.2) is 25.5 Å². The van der Waals surface area contributed by atoms with Crippen LogP contribution >= 0.6 is 0 Å². The Kier molecular flexibility index (Phi) is 36.4. The number of nitrogens with one attached hydrogen (secondary N) is 2. The van der Waals surface area contributed by atoms with E-state index in [1.54, 1.807) is 12.1 Å². The molecule has 11 N–H and O–H groups in total. The van der Waals surface area contributed by atoms with E-state index in [1.807, 2.05) is 36.4 Å². The summed E-state index contributed by atoms with van der Waals surface area (Å²) in [5, 5.41) is 100. The summed E-state index contributed by atoms with van der Waals surface area (Å²) in [5.74, 6) is -1.15. The lowest BCUT2D eigenvalue weighted by molar-refractivity contribution is -0.376. The van der Waals surface area contributed by atoms with Crippen LogP contribution in [-0.2, 0) is 90.2 Å². The predicted molar refractivity (Wildman–Crippen MR) is 308 cm³/mol. The van der Waals surface area contributed by atoms with Crippen molar-refractivity contribution in [1.82, 2.24) is 10.6 Å². The molecule has 0 bridgehead atoms. The molecule has 3 amide bonds. The largest absolute Gasteiger partial charge is 0.484 e. The normalized spacial score (nSPS) is 26.8. The topological polar surface area (TPSA) is 425 Å². The fourth-order valence-electron chi connectivity index (χ4n) is 9.22. The first-order valence-corrected chi connectivity index (χ1v) is 29.7. The molecule has 2 aromatic rings. The van der Waals surface area contributed by atoms with Gasteiger partial charge >= 0.3 is 5.97 Å². The van der Waals surface area contributed by atoms with Gasteiger partial charge in [0.1, 0.15) is 78.9 Å². The third-order valence-corrected chi connectivity index (χ3v) is 14.0. The van der Waals surface area contributed by atoms with Crippen molar-refractivity contribution >= 4 is 29.9 Å². The monoisotopic (exact) mass is 1290 g/mol. The van der Waals surface area contributed by atoms with Crippen molar-refractivity contribution in [3.05, 3.63) is 48.5 Å². The first kappa shape index (κ1) is 75.9. The second-order valence-corrected chi connectivity index (χ2v) is 20.5. The van der Waals surface area contributed by atoms with Crippen LogP contribution in [0.3, 0.4) is 0 Å². The number of anilines is 1. The highest BCUT2D eigenvalue weighted by Gasteiger charge is 2.54. The number of hydrogen-bond donors (Lipinski definition) is 11. The van der Waals surface area contributed by atoms with Crippen LogP contribution in [0.15, 0.2) is 48.5 Å². The summed E-state index contributed by atoms with van der Waals surface area (Å²) in [6.07, 6.45) is -22.9. The van der Waals surface area contributed by atoms with E-state index in [0.717, 1.165) is 12.5 Å². The van der Waals surface area contributed by atoms with Crippen LogP contribution in [0.2, 0.25) is 0 Å². The van der Waals surface area contributed by atoms with E-state index in [2.05, 4.69) is 15.4 Å². The highest BCUT2D eigenvalue weighted by molar-refractivity contribution is 5.81. The molecule has 3 aliphatic heterocycles. The summed E-state index contributed by atoms with van der Waals surface area (Å²) in [5.41, 5.74) is 2.03. The van der Waals surface area contributed by atoms with E-state index in [4.69, 9.17) is 71.1 Å². The van der Waals surface area contributed by atoms with Crippen LogP contribution in [0.25, 0.3) is 11.1 Å². The van der Waals surface area contributed by atoms with Gasteiger partial charge in [-0.15, -0.1) is 0 Å². The Balaban J connectivity index is 0.972. The quantitative estimate of drug-likeness (QED) is 0.0169. The minimum atomic E-state index is -1.99. The predicted octanol–water partition coefficient (Wildman–Crippen LogP) is -4.49. The van der Waals surface area contributed by atoms with Crippen molar-refractivity contribution in [2.45, 2.75) is 112 Å². The van der Waals surface area contributed by atoms with Crippen LogP contribution in [0, 0.1) is 0 Å². The summed E-state index contributed by atoms with van der Waals surface area (Å²) in [6, 6.07) is 13.2. The standard InChI is InChI=1S/C58H91N3O29/c1-37(66)60-47-50(71)54(89-58-53(74)55(49(70)43(33-63)87-58)90-57-52(73)51(72)48(69)42(32-62)86-57)44(34-64)88-56(47)84-12-6-10-59-45(67)35-85-41-30-39(38-7-4-3-5-8-38)29-40(31-41)61(36-65)11-14-77-16-18-79-20-22-81-24-26-83-28-27-82-25-23-80-21-19-78-17-15-76-13-9-46(68)75-2/h3-5,7-8,29-31,36,42-44,47-58,62-64,69-74H,6,9-28,32-35H2,1-2H3,(H,59,67)(H,60,66)/t42?,43?,44?,47?,48-,49-,50?,51?,52?,53?,54-,55?,56+,57-,58-/m0/s1. The number of hydrogen-bond acceptors (Lipinski definition) is 29. The molecule has 9 unspecified atom stereocenters. The molecule has 32 heteroatoms. The molecule has 15 atom stereocenters. The fraction of sp³-hybridized carbons (Fsp3) is 0.724. The number of methoxy groups -OCH3 is 1. The Morgan fingerprint density at radius 3 is 1.60 bits per heavy atom. The van der Waals surface area contributed by atoms with Gasteiger partial charge in [0.2, 0.25) is 12.3 Å². The lowest BCUT2D eigenvalue weighted by Gasteiger charge is -2.48. The summed E-state index contributed by atoms with van der Waals surface area (Å²) >= 11 is 0. The van der Waals surface area contributed by atoms with Gasteiger partial charge in [0, 0.05) is 31.8 Å². The first-order valence-electron chi connectivity index (χ1n) is 29.7. The molecule has 0 spiro atoms. The highest BCUT2D eigenvalue weighted by atomic mass is 16.8. The van der Waals surface area contributed by atoms with Gasteiger partial charge in [0.25, 0.3) is 5.91 Å². The molecular formula is C58H91N3O29. The molecule has 3 heterocycles. The van der Waals surface area contributed by atoms with Crippen molar-refractivity contribution in [1.29, 1.82) is 0 Å². The minimum absolute atomic E-state index is 0.0681. The number of nitrogens with zero attached hydrogens (tertiary/aromatic N) is 1. The zero-order valence-electron chi connectivity index (χ0n) is 50.7. The van der Waals surface area contributed by atoms with Gasteiger partial charge in [0.05, 0.1) is 146 Å². The van der Waals surface area contributed by atoms with E-state index < -0.39 is 130 Å². The van der Waals surface area contributed by atoms with E-state index in [-0.39, 0.29) is 58.3 Å². The molecule has 0 radical (unpaired) electrons. The summed E-state index contributed by atoms with van der Waals surface area (Å²) in [4.78, 5) is 50.3. The molecule has 0 aliphatic carbocycles. The van der Waals surface area contributed by atoms with Gasteiger partial charge in [-0.2, -0.15) is 0 Å². The van der Waals surface area contributed by atoms with Crippen LogP contribution in [0.4, 0.5) is 5.69 Å². The molecule has 2 aromatic carbocycles. The van der Waals surface area contributed by atoms with Crippen LogP contribution in [0.5, 0.6) is 5.75 Å². The van der Waals surface area contributed by atoms with Gasteiger partial charge in [-0.1, -0.05) is 30.3 Å². The number of benzene rings is 2. The molecule has 512 valence electrons. The van der Waals surface area contributed by atoms with Crippen molar-refractivity contribution in [2.24, 2.45) is 0 Å². The second kappa shape index (κ2) is 43.2. The van der Waals surface area contributed by atoms with Crippen molar-refractivity contribution < 1.29 is 141 Å². The van der Waals surface area contributed by atoms with E-state index >= 15 is 0 Å². The van der Waals surface area contributed by atoms with E-state index in [9.17, 15) is 65.1 Å². The summed E-state index contributed by atoms with van der Waals surface area (Å²) in [7, 11) is 1.33. The number of aliphatic hydroxyl groups is 9. The first-order chi connectivity index (χ1) is 43.6. The maximum atomic E-state index is 13.1. The van der Waals surface area contributed by atoms with Crippen molar-refractivity contribution in [3.63, 3.8) is 0 Å². The Morgan fingerprint density at radius 1 is 0.556 bits per heavy atom. The average molecular weight is 1290 g/mol.